The van der Waals surface area contributed by atoms with Crippen molar-refractivity contribution in [1.29, 1.82) is 0 Å². The van der Waals surface area contributed by atoms with Crippen LogP contribution in [0.2, 0.25) is 0 Å². The van der Waals surface area contributed by atoms with E-state index in [0.29, 0.717) is 0 Å². The van der Waals surface area contributed by atoms with Gasteiger partial charge in [-0.3, -0.25) is 14.5 Å². The second-order valence-electron chi connectivity index (χ2n) is 5.64. The third-order valence-electron chi connectivity index (χ3n) is 4.07. The number of carbonyl (C=O) groups is 1. The average Bonchev–Trinajstić information content (AvgIpc) is 3.16. The maximum absolute atomic E-state index is 11.7. The second kappa shape index (κ2) is 6.25. The molecule has 0 spiro atoms. The lowest BCUT2D eigenvalue weighted by molar-refractivity contribution is -0.129. The van der Waals surface area contributed by atoms with Gasteiger partial charge in [0.05, 0.1) is 29.8 Å². The van der Waals surface area contributed by atoms with Crippen LogP contribution in [0.3, 0.4) is 0 Å². The molecule has 1 aliphatic rings. The van der Waals surface area contributed by atoms with Gasteiger partial charge in [0.2, 0.25) is 5.91 Å². The highest BCUT2D eigenvalue weighted by Gasteiger charge is 2.29. The van der Waals surface area contributed by atoms with E-state index in [4.69, 9.17) is 4.98 Å². The van der Waals surface area contributed by atoms with Gasteiger partial charge in [-0.25, -0.2) is 4.98 Å². The van der Waals surface area contributed by atoms with E-state index in [1.807, 2.05) is 15.6 Å². The summed E-state index contributed by atoms with van der Waals surface area (Å²) in [5, 5.41) is 4.34. The number of likely N-dealkylation sites (tertiary alicyclic amines) is 1. The summed E-state index contributed by atoms with van der Waals surface area (Å²) in [4.78, 5) is 22.7. The zero-order valence-electron chi connectivity index (χ0n) is 13.1. The summed E-state index contributed by atoms with van der Waals surface area (Å²) < 4.78 is 1.95. The minimum atomic E-state index is 0.0486. The number of aromatic nitrogens is 4. The molecule has 0 bridgehead atoms. The van der Waals surface area contributed by atoms with Crippen molar-refractivity contribution >= 4 is 5.91 Å². The molecule has 0 saturated carbocycles. The monoisotopic (exact) mass is 299 g/mol. The molecule has 1 fully saturated rings. The fraction of sp³-hybridized carbons (Fsp3) is 0.500. The summed E-state index contributed by atoms with van der Waals surface area (Å²) in [5.74, 6) is 0.103. The van der Waals surface area contributed by atoms with Crippen LogP contribution in [0, 0.1) is 0 Å². The predicted octanol–water partition coefficient (Wildman–Crippen LogP) is 2.43. The number of nitrogens with zero attached hydrogens (tertiary/aromatic N) is 5. The van der Waals surface area contributed by atoms with Crippen molar-refractivity contribution in [3.8, 4) is 11.4 Å². The smallest absolute Gasteiger partial charge is 0.220 e. The number of hydrogen-bond acceptors (Lipinski definition) is 4. The van der Waals surface area contributed by atoms with Gasteiger partial charge in [-0.1, -0.05) is 6.92 Å². The topological polar surface area (TPSA) is 63.9 Å². The molecule has 22 heavy (non-hydrogen) atoms. The zero-order valence-corrected chi connectivity index (χ0v) is 13.1. The van der Waals surface area contributed by atoms with Gasteiger partial charge in [0, 0.05) is 26.2 Å². The van der Waals surface area contributed by atoms with Crippen molar-refractivity contribution in [3.05, 3.63) is 30.4 Å². The Balaban J connectivity index is 1.92. The predicted molar refractivity (Wildman–Crippen MR) is 82.9 cm³/mol. The number of aryl methyl sites for hydroxylation is 1. The lowest BCUT2D eigenvalue weighted by Crippen LogP contribution is -2.28. The van der Waals surface area contributed by atoms with Crippen molar-refractivity contribution in [2.75, 3.05) is 6.54 Å². The highest BCUT2D eigenvalue weighted by atomic mass is 16.2. The maximum atomic E-state index is 11.7. The lowest BCUT2D eigenvalue weighted by Gasteiger charge is -2.22. The average molecular weight is 299 g/mol. The molecule has 116 valence electrons. The molecule has 0 unspecified atom stereocenters. The van der Waals surface area contributed by atoms with Gasteiger partial charge in [-0.15, -0.1) is 0 Å². The summed E-state index contributed by atoms with van der Waals surface area (Å²) in [6.45, 7) is 5.40. The van der Waals surface area contributed by atoms with Crippen LogP contribution in [0.15, 0.2) is 24.7 Å². The first kappa shape index (κ1) is 14.7. The fourth-order valence-electron chi connectivity index (χ4n) is 3.06. The number of hydrogen-bond donors (Lipinski definition) is 0. The molecular formula is C16H21N5O. The Hall–Kier alpha value is -2.24. The normalized spacial score (nSPS) is 17.9. The second-order valence-corrected chi connectivity index (χ2v) is 5.64. The van der Waals surface area contributed by atoms with Crippen LogP contribution < -0.4 is 0 Å². The maximum Gasteiger partial charge on any atom is 0.220 e. The van der Waals surface area contributed by atoms with Crippen LogP contribution in [0.25, 0.3) is 11.4 Å². The quantitative estimate of drug-likeness (QED) is 0.870. The molecule has 2 aromatic rings. The highest BCUT2D eigenvalue weighted by Crippen LogP contribution is 2.31. The third kappa shape index (κ3) is 2.73. The van der Waals surface area contributed by atoms with Crippen LogP contribution >= 0.6 is 0 Å². The minimum Gasteiger partial charge on any atom is -0.334 e. The van der Waals surface area contributed by atoms with E-state index in [2.05, 4.69) is 17.0 Å². The standard InChI is InChI=1S/C16H21N5O/c1-3-8-21-16(6-7-18-21)14-11-17-10-13(19-14)15-5-4-9-20(15)12(2)22/h6-7,10-11,15H,3-5,8-9H2,1-2H3/t15-/m1/s1. The van der Waals surface area contributed by atoms with Gasteiger partial charge in [-0.05, 0) is 25.3 Å². The minimum absolute atomic E-state index is 0.0486. The molecule has 0 N–H and O–H groups in total. The largest absolute Gasteiger partial charge is 0.334 e. The van der Waals surface area contributed by atoms with Gasteiger partial charge >= 0.3 is 0 Å². The van der Waals surface area contributed by atoms with Crippen molar-refractivity contribution < 1.29 is 4.79 Å². The van der Waals surface area contributed by atoms with Gasteiger partial charge in [-0.2, -0.15) is 5.10 Å². The van der Waals surface area contributed by atoms with Crippen molar-refractivity contribution in [3.63, 3.8) is 0 Å². The Labute approximate surface area is 130 Å². The van der Waals surface area contributed by atoms with Crippen molar-refractivity contribution in [1.82, 2.24) is 24.6 Å². The van der Waals surface area contributed by atoms with Crippen LogP contribution in [-0.2, 0) is 11.3 Å². The van der Waals surface area contributed by atoms with Gasteiger partial charge in [0.25, 0.3) is 0 Å². The van der Waals surface area contributed by atoms with Crippen LogP contribution in [0.1, 0.15) is 44.8 Å². The van der Waals surface area contributed by atoms with Crippen LogP contribution in [0.4, 0.5) is 0 Å². The first-order chi connectivity index (χ1) is 10.7. The first-order valence-corrected chi connectivity index (χ1v) is 7.82. The van der Waals surface area contributed by atoms with Crippen LogP contribution in [-0.4, -0.2) is 37.1 Å². The molecule has 1 amide bonds. The van der Waals surface area contributed by atoms with Crippen LogP contribution in [0.5, 0.6) is 0 Å². The third-order valence-corrected chi connectivity index (χ3v) is 4.07. The Kier molecular flexibility index (Phi) is 4.18. The Morgan fingerprint density at radius 3 is 3.05 bits per heavy atom. The van der Waals surface area contributed by atoms with Gasteiger partial charge in [0.15, 0.2) is 0 Å². The number of rotatable bonds is 4. The summed E-state index contributed by atoms with van der Waals surface area (Å²) in [6, 6.07) is 2.01. The molecule has 1 saturated heterocycles. The van der Waals surface area contributed by atoms with E-state index < -0.39 is 0 Å². The molecule has 3 heterocycles. The molecule has 6 heteroatoms. The van der Waals surface area contributed by atoms with E-state index in [9.17, 15) is 4.79 Å². The molecule has 1 aliphatic heterocycles. The van der Waals surface area contributed by atoms with Crippen molar-refractivity contribution in [2.24, 2.45) is 0 Å². The fourth-order valence-corrected chi connectivity index (χ4v) is 3.06. The zero-order chi connectivity index (χ0) is 15.5. The highest BCUT2D eigenvalue weighted by molar-refractivity contribution is 5.74. The molecule has 6 nitrogen and oxygen atoms in total. The summed E-state index contributed by atoms with van der Waals surface area (Å²) in [5.41, 5.74) is 2.66. The van der Waals surface area contributed by atoms with E-state index in [-0.39, 0.29) is 11.9 Å². The number of amides is 1. The summed E-state index contributed by atoms with van der Waals surface area (Å²) in [6.07, 6.45) is 8.31. The van der Waals surface area contributed by atoms with Crippen molar-refractivity contribution in [2.45, 2.75) is 45.7 Å². The molecule has 0 aromatic carbocycles. The molecule has 3 rings (SSSR count). The molecule has 1 atom stereocenters. The SMILES string of the molecule is CCCn1nccc1-c1cncc([C@H]2CCCN2C(C)=O)n1. The lowest BCUT2D eigenvalue weighted by atomic mass is 10.1. The molecule has 0 radical (unpaired) electrons. The Morgan fingerprint density at radius 1 is 1.41 bits per heavy atom. The van der Waals surface area contributed by atoms with E-state index in [0.717, 1.165) is 49.4 Å². The molecule has 2 aromatic heterocycles. The first-order valence-electron chi connectivity index (χ1n) is 7.82. The van der Waals surface area contributed by atoms with E-state index in [1.54, 1.807) is 25.5 Å². The summed E-state index contributed by atoms with van der Waals surface area (Å²) in [7, 11) is 0. The van der Waals surface area contributed by atoms with E-state index in [1.165, 1.54) is 0 Å². The Morgan fingerprint density at radius 2 is 2.27 bits per heavy atom. The van der Waals surface area contributed by atoms with Gasteiger partial charge < -0.3 is 4.90 Å². The van der Waals surface area contributed by atoms with E-state index >= 15 is 0 Å². The molecular weight excluding hydrogens is 278 g/mol. The summed E-state index contributed by atoms with van der Waals surface area (Å²) >= 11 is 0. The van der Waals surface area contributed by atoms with Gasteiger partial charge in [0.1, 0.15) is 5.69 Å². The molecule has 0 aliphatic carbocycles. The number of carbonyl (C=O) groups excluding carboxylic acids is 1. The Bertz CT molecular complexity index is 666.